The molecule has 0 atom stereocenters. The van der Waals surface area contributed by atoms with Crippen molar-refractivity contribution in [1.82, 2.24) is 14.9 Å². The van der Waals surface area contributed by atoms with Crippen LogP contribution in [-0.2, 0) is 11.2 Å². The first kappa shape index (κ1) is 18.6. The van der Waals surface area contributed by atoms with E-state index in [9.17, 15) is 14.4 Å². The molecule has 3 aromatic rings. The van der Waals surface area contributed by atoms with Gasteiger partial charge in [0.2, 0.25) is 5.91 Å². The predicted octanol–water partition coefficient (Wildman–Crippen LogP) is 2.38. The van der Waals surface area contributed by atoms with Gasteiger partial charge < -0.3 is 10.3 Å². The SMILES string of the molecule is CC(C)CCNC(=O)Cc1ccc(-n2c(=O)[nH]c3ccccc3c2=O)cc1. The molecule has 1 amide bonds. The van der Waals surface area contributed by atoms with Crippen LogP contribution in [0.3, 0.4) is 0 Å². The molecule has 2 aromatic carbocycles. The van der Waals surface area contributed by atoms with Gasteiger partial charge in [0, 0.05) is 6.54 Å². The summed E-state index contributed by atoms with van der Waals surface area (Å²) in [6.07, 6.45) is 1.21. The first-order chi connectivity index (χ1) is 13.0. The molecular formula is C21H23N3O3. The van der Waals surface area contributed by atoms with Gasteiger partial charge in [-0.25, -0.2) is 9.36 Å². The molecule has 0 saturated carbocycles. The van der Waals surface area contributed by atoms with E-state index in [0.717, 1.165) is 16.6 Å². The summed E-state index contributed by atoms with van der Waals surface area (Å²) in [4.78, 5) is 39.7. The molecule has 0 aliphatic rings. The van der Waals surface area contributed by atoms with Gasteiger partial charge >= 0.3 is 5.69 Å². The Morgan fingerprint density at radius 1 is 1.07 bits per heavy atom. The second-order valence-corrected chi connectivity index (χ2v) is 6.99. The summed E-state index contributed by atoms with van der Waals surface area (Å²) in [6, 6.07) is 13.8. The molecule has 0 fully saturated rings. The third kappa shape index (κ3) is 4.34. The van der Waals surface area contributed by atoms with E-state index in [1.54, 1.807) is 48.5 Å². The maximum Gasteiger partial charge on any atom is 0.333 e. The van der Waals surface area contributed by atoms with Crippen LogP contribution in [0, 0.1) is 5.92 Å². The number of H-pyrrole nitrogens is 1. The Morgan fingerprint density at radius 2 is 1.78 bits per heavy atom. The molecule has 1 heterocycles. The molecule has 0 unspecified atom stereocenters. The van der Waals surface area contributed by atoms with Gasteiger partial charge in [-0.1, -0.05) is 38.1 Å². The second kappa shape index (κ2) is 8.03. The number of aromatic amines is 1. The van der Waals surface area contributed by atoms with Crippen molar-refractivity contribution in [2.75, 3.05) is 6.54 Å². The maximum atomic E-state index is 12.7. The van der Waals surface area contributed by atoms with Crippen LogP contribution >= 0.6 is 0 Å². The molecule has 0 saturated heterocycles. The van der Waals surface area contributed by atoms with E-state index in [4.69, 9.17) is 0 Å². The van der Waals surface area contributed by atoms with Crippen molar-refractivity contribution in [2.45, 2.75) is 26.7 Å². The lowest BCUT2D eigenvalue weighted by molar-refractivity contribution is -0.120. The Labute approximate surface area is 156 Å². The number of nitrogens with zero attached hydrogens (tertiary/aromatic N) is 1. The number of rotatable bonds is 6. The Hall–Kier alpha value is -3.15. The van der Waals surface area contributed by atoms with Crippen LogP contribution in [0.25, 0.3) is 16.6 Å². The van der Waals surface area contributed by atoms with E-state index in [-0.39, 0.29) is 17.9 Å². The van der Waals surface area contributed by atoms with Crippen molar-refractivity contribution in [3.05, 3.63) is 74.9 Å². The van der Waals surface area contributed by atoms with E-state index in [1.165, 1.54) is 0 Å². The van der Waals surface area contributed by atoms with E-state index in [2.05, 4.69) is 24.1 Å². The average Bonchev–Trinajstić information content (AvgIpc) is 2.63. The topological polar surface area (TPSA) is 84.0 Å². The van der Waals surface area contributed by atoms with Crippen molar-refractivity contribution >= 4 is 16.8 Å². The minimum Gasteiger partial charge on any atom is -0.356 e. The number of hydrogen-bond donors (Lipinski definition) is 2. The van der Waals surface area contributed by atoms with Crippen molar-refractivity contribution in [1.29, 1.82) is 0 Å². The van der Waals surface area contributed by atoms with Crippen LogP contribution in [0.5, 0.6) is 0 Å². The number of nitrogens with one attached hydrogen (secondary N) is 2. The van der Waals surface area contributed by atoms with Gasteiger partial charge in [-0.3, -0.25) is 9.59 Å². The standard InChI is InChI=1S/C21H23N3O3/c1-14(2)11-12-22-19(25)13-15-7-9-16(10-8-15)24-20(26)17-5-3-4-6-18(17)23-21(24)27/h3-10,14H,11-13H2,1-2H3,(H,22,25)(H,23,27). The molecule has 0 aliphatic heterocycles. The first-order valence-corrected chi connectivity index (χ1v) is 9.06. The molecule has 0 aliphatic carbocycles. The van der Waals surface area contributed by atoms with Gasteiger partial charge in [-0.05, 0) is 42.2 Å². The van der Waals surface area contributed by atoms with Crippen molar-refractivity contribution in [3.8, 4) is 5.69 Å². The van der Waals surface area contributed by atoms with E-state index >= 15 is 0 Å². The largest absolute Gasteiger partial charge is 0.356 e. The summed E-state index contributed by atoms with van der Waals surface area (Å²) in [5, 5.41) is 3.35. The molecule has 2 N–H and O–H groups in total. The summed E-state index contributed by atoms with van der Waals surface area (Å²) in [6.45, 7) is 4.89. The van der Waals surface area contributed by atoms with E-state index < -0.39 is 5.69 Å². The molecular weight excluding hydrogens is 342 g/mol. The molecule has 6 heteroatoms. The van der Waals surface area contributed by atoms with Crippen LogP contribution in [-0.4, -0.2) is 22.0 Å². The Bertz CT molecular complexity index is 1060. The summed E-state index contributed by atoms with van der Waals surface area (Å²) < 4.78 is 1.11. The number of fused-ring (bicyclic) bond motifs is 1. The highest BCUT2D eigenvalue weighted by Crippen LogP contribution is 2.09. The van der Waals surface area contributed by atoms with Crippen LogP contribution in [0.1, 0.15) is 25.8 Å². The lowest BCUT2D eigenvalue weighted by Gasteiger charge is -2.09. The van der Waals surface area contributed by atoms with Crippen LogP contribution in [0.4, 0.5) is 0 Å². The zero-order valence-corrected chi connectivity index (χ0v) is 15.5. The van der Waals surface area contributed by atoms with Gasteiger partial charge in [0.15, 0.2) is 0 Å². The highest BCUT2D eigenvalue weighted by molar-refractivity contribution is 5.79. The van der Waals surface area contributed by atoms with E-state index in [1.807, 2.05) is 0 Å². The summed E-state index contributed by atoms with van der Waals surface area (Å²) in [5.41, 5.74) is 0.951. The minimum atomic E-state index is -0.488. The number of amides is 1. The lowest BCUT2D eigenvalue weighted by Crippen LogP contribution is -2.33. The van der Waals surface area contributed by atoms with E-state index in [0.29, 0.717) is 29.1 Å². The molecule has 140 valence electrons. The second-order valence-electron chi connectivity index (χ2n) is 6.99. The summed E-state index contributed by atoms with van der Waals surface area (Å²) >= 11 is 0. The Balaban J connectivity index is 1.80. The Kier molecular flexibility index (Phi) is 5.54. The summed E-state index contributed by atoms with van der Waals surface area (Å²) in [5.74, 6) is 0.507. The molecule has 0 radical (unpaired) electrons. The number of benzene rings is 2. The number of aromatic nitrogens is 2. The smallest absolute Gasteiger partial charge is 0.333 e. The van der Waals surface area contributed by atoms with Gasteiger partial charge in [-0.15, -0.1) is 0 Å². The molecule has 6 nitrogen and oxygen atoms in total. The summed E-state index contributed by atoms with van der Waals surface area (Å²) in [7, 11) is 0. The van der Waals surface area contributed by atoms with Gasteiger partial charge in [0.1, 0.15) is 0 Å². The third-order valence-electron chi connectivity index (χ3n) is 4.41. The van der Waals surface area contributed by atoms with Crippen LogP contribution in [0.2, 0.25) is 0 Å². The highest BCUT2D eigenvalue weighted by atomic mass is 16.2. The highest BCUT2D eigenvalue weighted by Gasteiger charge is 2.10. The quantitative estimate of drug-likeness (QED) is 0.703. The van der Waals surface area contributed by atoms with Crippen LogP contribution < -0.4 is 16.6 Å². The first-order valence-electron chi connectivity index (χ1n) is 9.06. The van der Waals surface area contributed by atoms with Gasteiger partial charge in [-0.2, -0.15) is 0 Å². The zero-order valence-electron chi connectivity index (χ0n) is 15.5. The normalized spacial score (nSPS) is 11.1. The fourth-order valence-electron chi connectivity index (χ4n) is 2.91. The zero-order chi connectivity index (χ0) is 19.4. The van der Waals surface area contributed by atoms with Gasteiger partial charge in [0.05, 0.1) is 23.0 Å². The lowest BCUT2D eigenvalue weighted by atomic mass is 10.1. The van der Waals surface area contributed by atoms with Crippen molar-refractivity contribution in [3.63, 3.8) is 0 Å². The fraction of sp³-hybridized carbons (Fsp3) is 0.286. The number of carbonyl (C=O) groups excluding carboxylic acids is 1. The number of carbonyl (C=O) groups is 1. The maximum absolute atomic E-state index is 12.7. The average molecular weight is 365 g/mol. The molecule has 0 spiro atoms. The monoisotopic (exact) mass is 365 g/mol. The van der Waals surface area contributed by atoms with Crippen molar-refractivity contribution in [2.24, 2.45) is 5.92 Å². The van der Waals surface area contributed by atoms with Crippen LogP contribution in [0.15, 0.2) is 58.1 Å². The number of para-hydroxylation sites is 1. The van der Waals surface area contributed by atoms with Gasteiger partial charge in [0.25, 0.3) is 5.56 Å². The molecule has 0 bridgehead atoms. The van der Waals surface area contributed by atoms with Crippen molar-refractivity contribution < 1.29 is 4.79 Å². The fourth-order valence-corrected chi connectivity index (χ4v) is 2.91. The molecule has 27 heavy (non-hydrogen) atoms. The molecule has 1 aromatic heterocycles. The Morgan fingerprint density at radius 3 is 2.48 bits per heavy atom. The number of hydrogen-bond acceptors (Lipinski definition) is 3. The predicted molar refractivity (Wildman–Crippen MR) is 106 cm³/mol. The minimum absolute atomic E-state index is 0.0379. The molecule has 3 rings (SSSR count). The third-order valence-corrected chi connectivity index (χ3v) is 4.41.